The number of benzene rings is 1. The topological polar surface area (TPSA) is 98.3 Å². The number of rotatable bonds is 3. The number of hydrogen-bond acceptors (Lipinski definition) is 4. The minimum atomic E-state index is -0.652. The lowest BCUT2D eigenvalue weighted by Gasteiger charge is -2.07. The summed E-state index contributed by atoms with van der Waals surface area (Å²) in [6.45, 7) is 3.17. The summed E-state index contributed by atoms with van der Waals surface area (Å²) < 4.78 is 0. The van der Waals surface area contributed by atoms with Crippen LogP contribution in [-0.4, -0.2) is 16.9 Å². The Morgan fingerprint density at radius 3 is 2.69 bits per heavy atom. The van der Waals surface area contributed by atoms with E-state index in [-0.39, 0.29) is 11.6 Å². The fourth-order valence-corrected chi connectivity index (χ4v) is 1.14. The molecule has 6 nitrogen and oxygen atoms in total. The van der Waals surface area contributed by atoms with Crippen LogP contribution in [0.4, 0.5) is 11.4 Å². The number of amides is 1. The molecule has 1 rings (SSSR count). The number of aryl methyl sites for hydroxylation is 1. The average Bonchev–Trinajstić information content (AvgIpc) is 2.20. The molecule has 1 aromatic rings. The van der Waals surface area contributed by atoms with Gasteiger partial charge in [0.05, 0.1) is 11.0 Å². The lowest BCUT2D eigenvalue weighted by atomic mass is 10.2. The molecule has 0 unspecified atom stereocenters. The Morgan fingerprint density at radius 1 is 1.56 bits per heavy atom. The van der Waals surface area contributed by atoms with E-state index in [0.717, 1.165) is 0 Å². The molecular weight excluding hydrogens is 210 g/mol. The van der Waals surface area contributed by atoms with E-state index in [4.69, 9.17) is 5.73 Å². The summed E-state index contributed by atoms with van der Waals surface area (Å²) in [5.41, 5.74) is 6.26. The van der Waals surface area contributed by atoms with E-state index in [1.807, 2.05) is 0 Å². The molecule has 0 aliphatic carbocycles. The van der Waals surface area contributed by atoms with Gasteiger partial charge in [-0.25, -0.2) is 0 Å². The van der Waals surface area contributed by atoms with Gasteiger partial charge in [0.2, 0.25) is 5.91 Å². The molecule has 0 radical (unpaired) electrons. The third kappa shape index (κ3) is 2.77. The number of nitrogens with two attached hydrogens (primary N) is 1. The first-order valence-electron chi connectivity index (χ1n) is 4.73. The van der Waals surface area contributed by atoms with E-state index in [2.05, 4.69) is 5.32 Å². The fourth-order valence-electron chi connectivity index (χ4n) is 1.14. The van der Waals surface area contributed by atoms with Gasteiger partial charge >= 0.3 is 0 Å². The van der Waals surface area contributed by atoms with Gasteiger partial charge in [0.15, 0.2) is 0 Å². The second-order valence-electron chi connectivity index (χ2n) is 3.54. The number of nitro groups is 1. The molecule has 0 saturated heterocycles. The Hall–Kier alpha value is -1.95. The Bertz CT molecular complexity index is 429. The summed E-state index contributed by atoms with van der Waals surface area (Å²) in [6.07, 6.45) is 0. The molecule has 0 aliphatic rings. The summed E-state index contributed by atoms with van der Waals surface area (Å²) in [4.78, 5) is 21.4. The van der Waals surface area contributed by atoms with Crippen LogP contribution in [0.15, 0.2) is 18.2 Å². The van der Waals surface area contributed by atoms with Gasteiger partial charge in [0.1, 0.15) is 0 Å². The molecule has 86 valence electrons. The standard InChI is InChI=1S/C10H13N3O3/c1-6-3-4-8(5-9(6)13(15)16)12-10(14)7(2)11/h3-5,7H,11H2,1-2H3,(H,12,14)/t7-/m0/s1. The molecule has 1 amide bonds. The minimum absolute atomic E-state index is 0.0255. The van der Waals surface area contributed by atoms with Crippen molar-refractivity contribution in [1.29, 1.82) is 0 Å². The van der Waals surface area contributed by atoms with E-state index in [1.54, 1.807) is 19.1 Å². The van der Waals surface area contributed by atoms with Crippen molar-refractivity contribution in [1.82, 2.24) is 0 Å². The van der Waals surface area contributed by atoms with Gasteiger partial charge in [0.25, 0.3) is 5.69 Å². The van der Waals surface area contributed by atoms with Crippen LogP contribution >= 0.6 is 0 Å². The maximum absolute atomic E-state index is 11.3. The zero-order valence-electron chi connectivity index (χ0n) is 9.06. The minimum Gasteiger partial charge on any atom is -0.324 e. The lowest BCUT2D eigenvalue weighted by Crippen LogP contribution is -2.32. The van der Waals surface area contributed by atoms with Crippen LogP contribution in [-0.2, 0) is 4.79 Å². The van der Waals surface area contributed by atoms with Crippen LogP contribution in [0.2, 0.25) is 0 Å². The van der Waals surface area contributed by atoms with E-state index in [1.165, 1.54) is 13.0 Å². The van der Waals surface area contributed by atoms with Crippen molar-refractivity contribution in [3.63, 3.8) is 0 Å². The molecule has 0 heterocycles. The Labute approximate surface area is 92.6 Å². The van der Waals surface area contributed by atoms with Crippen LogP contribution in [0.1, 0.15) is 12.5 Å². The Morgan fingerprint density at radius 2 is 2.19 bits per heavy atom. The number of hydrogen-bond donors (Lipinski definition) is 2. The van der Waals surface area contributed by atoms with Crippen LogP contribution in [0.25, 0.3) is 0 Å². The number of carbonyl (C=O) groups excluding carboxylic acids is 1. The Balaban J connectivity index is 2.95. The summed E-state index contributed by atoms with van der Waals surface area (Å²) >= 11 is 0. The van der Waals surface area contributed by atoms with Crippen LogP contribution in [0, 0.1) is 17.0 Å². The molecule has 1 atom stereocenters. The van der Waals surface area contributed by atoms with Crippen LogP contribution in [0.3, 0.4) is 0 Å². The number of carbonyl (C=O) groups is 1. The van der Waals surface area contributed by atoms with Crippen molar-refractivity contribution in [2.45, 2.75) is 19.9 Å². The molecule has 0 bridgehead atoms. The maximum atomic E-state index is 11.3. The molecule has 0 fully saturated rings. The maximum Gasteiger partial charge on any atom is 0.274 e. The van der Waals surface area contributed by atoms with Crippen molar-refractivity contribution in [2.75, 3.05) is 5.32 Å². The molecule has 6 heteroatoms. The highest BCUT2D eigenvalue weighted by molar-refractivity contribution is 5.94. The molecule has 0 saturated carbocycles. The smallest absolute Gasteiger partial charge is 0.274 e. The zero-order chi connectivity index (χ0) is 12.3. The molecule has 0 aliphatic heterocycles. The molecule has 16 heavy (non-hydrogen) atoms. The third-order valence-corrected chi connectivity index (χ3v) is 2.09. The number of nitro benzene ring substituents is 1. The SMILES string of the molecule is Cc1ccc(NC(=O)[C@H](C)N)cc1[N+](=O)[O-]. The first kappa shape index (κ1) is 12.1. The van der Waals surface area contributed by atoms with E-state index >= 15 is 0 Å². The first-order valence-corrected chi connectivity index (χ1v) is 4.73. The monoisotopic (exact) mass is 223 g/mol. The predicted octanol–water partition coefficient (Wildman–Crippen LogP) is 1.19. The van der Waals surface area contributed by atoms with E-state index in [0.29, 0.717) is 11.3 Å². The molecule has 3 N–H and O–H groups in total. The van der Waals surface area contributed by atoms with Gasteiger partial charge in [-0.3, -0.25) is 14.9 Å². The summed E-state index contributed by atoms with van der Waals surface area (Å²) in [5, 5.41) is 13.2. The van der Waals surface area contributed by atoms with Gasteiger partial charge in [-0.15, -0.1) is 0 Å². The third-order valence-electron chi connectivity index (χ3n) is 2.09. The van der Waals surface area contributed by atoms with Gasteiger partial charge in [-0.05, 0) is 19.9 Å². The summed E-state index contributed by atoms with van der Waals surface area (Å²) in [5.74, 6) is -0.377. The van der Waals surface area contributed by atoms with Crippen LogP contribution < -0.4 is 11.1 Å². The van der Waals surface area contributed by atoms with Gasteiger partial charge in [-0.1, -0.05) is 6.07 Å². The second-order valence-corrected chi connectivity index (χ2v) is 3.54. The van der Waals surface area contributed by atoms with Gasteiger partial charge in [-0.2, -0.15) is 0 Å². The van der Waals surface area contributed by atoms with E-state index < -0.39 is 11.0 Å². The number of anilines is 1. The zero-order valence-corrected chi connectivity index (χ0v) is 9.06. The molecular formula is C10H13N3O3. The second kappa shape index (κ2) is 4.71. The van der Waals surface area contributed by atoms with Crippen molar-refractivity contribution >= 4 is 17.3 Å². The largest absolute Gasteiger partial charge is 0.324 e. The van der Waals surface area contributed by atoms with Crippen LogP contribution in [0.5, 0.6) is 0 Å². The van der Waals surface area contributed by atoms with E-state index in [9.17, 15) is 14.9 Å². The summed E-state index contributed by atoms with van der Waals surface area (Å²) in [7, 11) is 0. The highest BCUT2D eigenvalue weighted by atomic mass is 16.6. The normalized spacial score (nSPS) is 11.9. The van der Waals surface area contributed by atoms with Gasteiger partial charge in [0, 0.05) is 17.3 Å². The first-order chi connectivity index (χ1) is 7.41. The molecule has 0 aromatic heterocycles. The predicted molar refractivity (Wildman–Crippen MR) is 60.1 cm³/mol. The number of nitrogens with zero attached hydrogens (tertiary/aromatic N) is 1. The van der Waals surface area contributed by atoms with Crippen molar-refractivity contribution < 1.29 is 9.72 Å². The van der Waals surface area contributed by atoms with Crippen molar-refractivity contribution in [3.8, 4) is 0 Å². The molecule has 1 aromatic carbocycles. The highest BCUT2D eigenvalue weighted by Gasteiger charge is 2.13. The average molecular weight is 223 g/mol. The van der Waals surface area contributed by atoms with Crippen molar-refractivity contribution in [3.05, 3.63) is 33.9 Å². The van der Waals surface area contributed by atoms with Crippen molar-refractivity contribution in [2.24, 2.45) is 5.73 Å². The lowest BCUT2D eigenvalue weighted by molar-refractivity contribution is -0.385. The van der Waals surface area contributed by atoms with Gasteiger partial charge < -0.3 is 11.1 Å². The highest BCUT2D eigenvalue weighted by Crippen LogP contribution is 2.22. The fraction of sp³-hybridized carbons (Fsp3) is 0.300. The summed E-state index contributed by atoms with van der Waals surface area (Å²) in [6, 6.07) is 3.84. The molecule has 0 spiro atoms. The quantitative estimate of drug-likeness (QED) is 0.593. The number of nitrogens with one attached hydrogen (secondary N) is 1. The Kier molecular flexibility index (Phi) is 3.57.